The van der Waals surface area contributed by atoms with Crippen molar-refractivity contribution in [3.63, 3.8) is 0 Å². The van der Waals surface area contributed by atoms with Gasteiger partial charge in [0.15, 0.2) is 11.5 Å². The van der Waals surface area contributed by atoms with Crippen molar-refractivity contribution in [2.24, 2.45) is 0 Å². The predicted molar refractivity (Wildman–Crippen MR) is 111 cm³/mol. The molecule has 8 nitrogen and oxygen atoms in total. The van der Waals surface area contributed by atoms with Crippen molar-refractivity contribution in [3.05, 3.63) is 39.8 Å². The summed E-state index contributed by atoms with van der Waals surface area (Å²) < 4.78 is 21.1. The second-order valence-corrected chi connectivity index (χ2v) is 8.21. The number of carbonyl (C=O) groups is 3. The topological polar surface area (TPSA) is 100 Å². The fourth-order valence-corrected chi connectivity index (χ4v) is 3.87. The van der Waals surface area contributed by atoms with Crippen LogP contribution in [0, 0.1) is 6.92 Å². The number of benzene rings is 1. The van der Waals surface area contributed by atoms with Gasteiger partial charge >= 0.3 is 11.9 Å². The van der Waals surface area contributed by atoms with E-state index in [2.05, 4.69) is 5.32 Å². The molecule has 1 aliphatic rings. The van der Waals surface area contributed by atoms with Gasteiger partial charge in [-0.15, -0.1) is 11.3 Å². The van der Waals surface area contributed by atoms with E-state index in [0.717, 1.165) is 11.3 Å². The molecule has 2 heterocycles. The quantitative estimate of drug-likeness (QED) is 0.683. The Morgan fingerprint density at radius 2 is 1.63 bits per heavy atom. The Labute approximate surface area is 178 Å². The Bertz CT molecular complexity index is 993. The zero-order chi connectivity index (χ0) is 22.0. The van der Waals surface area contributed by atoms with E-state index in [1.165, 1.54) is 0 Å². The third kappa shape index (κ3) is 4.56. The second-order valence-electron chi connectivity index (χ2n) is 7.19. The lowest BCUT2D eigenvalue weighted by molar-refractivity contribution is 0.0378. The van der Waals surface area contributed by atoms with E-state index in [9.17, 15) is 14.4 Å². The molecule has 30 heavy (non-hydrogen) atoms. The summed E-state index contributed by atoms with van der Waals surface area (Å²) >= 11 is 0.977. The summed E-state index contributed by atoms with van der Waals surface area (Å²) in [7, 11) is 0. The summed E-state index contributed by atoms with van der Waals surface area (Å²) in [6.07, 6.45) is -0.683. The van der Waals surface area contributed by atoms with Crippen LogP contribution in [0.5, 0.6) is 11.5 Å². The van der Waals surface area contributed by atoms with Gasteiger partial charge in [-0.05, 0) is 58.4 Å². The highest BCUT2D eigenvalue weighted by Gasteiger charge is 2.29. The van der Waals surface area contributed by atoms with Crippen molar-refractivity contribution >= 4 is 34.2 Å². The number of fused-ring (bicyclic) bond motifs is 1. The minimum atomic E-state index is -0.622. The standard InChI is InChI=1S/C21H23NO7S/c1-10(2)28-20(24)16-12(5)17(21(25)29-11(3)4)30-19(16)22-18(23)13-6-7-14-15(8-13)27-9-26-14/h6-8,10-11H,9H2,1-5H3,(H,22,23). The summed E-state index contributed by atoms with van der Waals surface area (Å²) in [5, 5.41) is 2.94. The zero-order valence-corrected chi connectivity index (χ0v) is 18.2. The molecule has 3 rings (SSSR count). The first kappa shape index (κ1) is 21.6. The predicted octanol–water partition coefficient (Wildman–Crippen LogP) is 4.17. The third-order valence-corrected chi connectivity index (χ3v) is 5.27. The van der Waals surface area contributed by atoms with E-state index < -0.39 is 17.8 Å². The number of carbonyl (C=O) groups excluding carboxylic acids is 3. The van der Waals surface area contributed by atoms with E-state index >= 15 is 0 Å². The van der Waals surface area contributed by atoms with Gasteiger partial charge in [0.1, 0.15) is 9.88 Å². The maximum atomic E-state index is 12.8. The first-order valence-electron chi connectivity index (χ1n) is 9.43. The normalized spacial score (nSPS) is 12.2. The maximum absolute atomic E-state index is 12.8. The molecule has 160 valence electrons. The highest BCUT2D eigenvalue weighted by atomic mass is 32.1. The van der Waals surface area contributed by atoms with Gasteiger partial charge in [0.05, 0.1) is 17.8 Å². The van der Waals surface area contributed by atoms with E-state index in [4.69, 9.17) is 18.9 Å². The van der Waals surface area contributed by atoms with Crippen molar-refractivity contribution in [2.45, 2.75) is 46.8 Å². The Morgan fingerprint density at radius 1 is 1.00 bits per heavy atom. The molecule has 2 aromatic rings. The van der Waals surface area contributed by atoms with E-state index in [1.807, 2.05) is 0 Å². The first-order valence-corrected chi connectivity index (χ1v) is 10.2. The highest BCUT2D eigenvalue weighted by Crippen LogP contribution is 2.36. The molecule has 1 aliphatic heterocycles. The van der Waals surface area contributed by atoms with Crippen LogP contribution in [0.4, 0.5) is 5.00 Å². The van der Waals surface area contributed by atoms with Gasteiger partial charge in [0.2, 0.25) is 6.79 Å². The summed E-state index contributed by atoms with van der Waals surface area (Å²) in [5.41, 5.74) is 0.857. The summed E-state index contributed by atoms with van der Waals surface area (Å²) in [6, 6.07) is 4.78. The minimum Gasteiger partial charge on any atom is -0.459 e. The number of nitrogens with one attached hydrogen (secondary N) is 1. The number of hydrogen-bond donors (Lipinski definition) is 1. The van der Waals surface area contributed by atoms with Gasteiger partial charge in [0.25, 0.3) is 5.91 Å². The van der Waals surface area contributed by atoms with Crippen LogP contribution in [0.25, 0.3) is 0 Å². The maximum Gasteiger partial charge on any atom is 0.348 e. The number of amides is 1. The second kappa shape index (κ2) is 8.74. The smallest absolute Gasteiger partial charge is 0.348 e. The lowest BCUT2D eigenvalue weighted by atomic mass is 10.1. The van der Waals surface area contributed by atoms with Crippen LogP contribution >= 0.6 is 11.3 Å². The largest absolute Gasteiger partial charge is 0.459 e. The fraction of sp³-hybridized carbons (Fsp3) is 0.381. The molecule has 1 N–H and O–H groups in total. The molecule has 9 heteroatoms. The van der Waals surface area contributed by atoms with Crippen molar-refractivity contribution in [1.29, 1.82) is 0 Å². The molecule has 1 aromatic heterocycles. The number of anilines is 1. The van der Waals surface area contributed by atoms with Gasteiger partial charge in [-0.3, -0.25) is 4.79 Å². The molecule has 0 saturated carbocycles. The average molecular weight is 433 g/mol. The van der Waals surface area contributed by atoms with Crippen molar-refractivity contribution in [2.75, 3.05) is 12.1 Å². The van der Waals surface area contributed by atoms with Crippen molar-refractivity contribution in [3.8, 4) is 11.5 Å². The van der Waals surface area contributed by atoms with E-state index in [-0.39, 0.29) is 34.4 Å². The summed E-state index contributed by atoms with van der Waals surface area (Å²) in [5.74, 6) is -0.626. The third-order valence-electron chi connectivity index (χ3n) is 4.08. The van der Waals surface area contributed by atoms with Gasteiger partial charge in [-0.1, -0.05) is 0 Å². The summed E-state index contributed by atoms with van der Waals surface area (Å²) in [4.78, 5) is 38.2. The molecule has 0 saturated heterocycles. The number of ether oxygens (including phenoxy) is 4. The lowest BCUT2D eigenvalue weighted by Gasteiger charge is -2.10. The Morgan fingerprint density at radius 3 is 2.30 bits per heavy atom. The van der Waals surface area contributed by atoms with Crippen LogP contribution < -0.4 is 14.8 Å². The van der Waals surface area contributed by atoms with Crippen LogP contribution in [-0.2, 0) is 9.47 Å². The van der Waals surface area contributed by atoms with Gasteiger partial charge in [0, 0.05) is 5.56 Å². The van der Waals surface area contributed by atoms with Crippen LogP contribution in [0.1, 0.15) is 63.6 Å². The van der Waals surface area contributed by atoms with Gasteiger partial charge in [-0.25, -0.2) is 9.59 Å². The van der Waals surface area contributed by atoms with Crippen LogP contribution in [0.2, 0.25) is 0 Å². The Kier molecular flexibility index (Phi) is 6.31. The number of rotatable bonds is 6. The average Bonchev–Trinajstić information content (AvgIpc) is 3.24. The van der Waals surface area contributed by atoms with Gasteiger partial charge < -0.3 is 24.3 Å². The summed E-state index contributed by atoms with van der Waals surface area (Å²) in [6.45, 7) is 8.63. The highest BCUT2D eigenvalue weighted by molar-refractivity contribution is 7.18. The molecular formula is C21H23NO7S. The molecule has 0 aliphatic carbocycles. The molecule has 1 aromatic carbocycles. The SMILES string of the molecule is Cc1c(C(=O)OC(C)C)sc(NC(=O)c2ccc3c(c2)OCO3)c1C(=O)OC(C)C. The first-order chi connectivity index (χ1) is 14.2. The molecule has 0 atom stereocenters. The number of hydrogen-bond acceptors (Lipinski definition) is 8. The van der Waals surface area contributed by atoms with Crippen molar-refractivity contribution < 1.29 is 33.3 Å². The molecule has 0 unspecified atom stereocenters. The van der Waals surface area contributed by atoms with E-state index in [0.29, 0.717) is 22.6 Å². The molecule has 0 fully saturated rings. The van der Waals surface area contributed by atoms with Crippen LogP contribution in [0.3, 0.4) is 0 Å². The lowest BCUT2D eigenvalue weighted by Crippen LogP contribution is -2.17. The number of esters is 2. The van der Waals surface area contributed by atoms with Crippen LogP contribution in [-0.4, -0.2) is 36.8 Å². The molecule has 0 radical (unpaired) electrons. The zero-order valence-electron chi connectivity index (χ0n) is 17.4. The molecule has 0 spiro atoms. The Hall–Kier alpha value is -3.07. The number of thiophene rings is 1. The Balaban J connectivity index is 1.94. The minimum absolute atomic E-state index is 0.0943. The molecule has 1 amide bonds. The van der Waals surface area contributed by atoms with E-state index in [1.54, 1.807) is 52.8 Å². The van der Waals surface area contributed by atoms with Gasteiger partial charge in [-0.2, -0.15) is 0 Å². The molecular weight excluding hydrogens is 410 g/mol. The van der Waals surface area contributed by atoms with Crippen molar-refractivity contribution in [1.82, 2.24) is 0 Å². The van der Waals surface area contributed by atoms with Crippen LogP contribution in [0.15, 0.2) is 18.2 Å². The fourth-order valence-electron chi connectivity index (χ4n) is 2.80. The monoisotopic (exact) mass is 433 g/mol. The molecule has 0 bridgehead atoms.